The van der Waals surface area contributed by atoms with Crippen LogP contribution in [0.3, 0.4) is 0 Å². The molecular formula is C71H46N2. The zero-order valence-electron chi connectivity index (χ0n) is 40.0. The predicted octanol–water partition coefficient (Wildman–Crippen LogP) is 18.8. The number of anilines is 3. The first-order chi connectivity index (χ1) is 36.2. The van der Waals surface area contributed by atoms with Crippen molar-refractivity contribution in [1.29, 1.82) is 0 Å². The van der Waals surface area contributed by atoms with Gasteiger partial charge in [0.15, 0.2) is 0 Å². The second-order valence-corrected chi connectivity index (χ2v) is 19.6. The third kappa shape index (κ3) is 6.24. The lowest BCUT2D eigenvalue weighted by molar-refractivity contribution is 0.768. The summed E-state index contributed by atoms with van der Waals surface area (Å²) in [7, 11) is 0. The van der Waals surface area contributed by atoms with Gasteiger partial charge in [0.2, 0.25) is 0 Å². The zero-order valence-corrected chi connectivity index (χ0v) is 40.0. The van der Waals surface area contributed by atoms with Crippen LogP contribution in [0.5, 0.6) is 0 Å². The van der Waals surface area contributed by atoms with Gasteiger partial charge in [-0.05, 0) is 155 Å². The summed E-state index contributed by atoms with van der Waals surface area (Å²) in [5, 5.41) is 10.2. The van der Waals surface area contributed by atoms with Gasteiger partial charge in [0.25, 0.3) is 0 Å². The van der Waals surface area contributed by atoms with Crippen LogP contribution in [0.15, 0.2) is 279 Å². The van der Waals surface area contributed by atoms with Crippen molar-refractivity contribution in [2.75, 3.05) is 4.90 Å². The quantitative estimate of drug-likeness (QED) is 0.138. The van der Waals surface area contributed by atoms with E-state index < -0.39 is 5.41 Å². The van der Waals surface area contributed by atoms with Crippen molar-refractivity contribution in [2.24, 2.45) is 0 Å². The van der Waals surface area contributed by atoms with E-state index >= 15 is 0 Å². The molecule has 1 aliphatic rings. The van der Waals surface area contributed by atoms with Crippen LogP contribution in [-0.2, 0) is 5.41 Å². The van der Waals surface area contributed by atoms with Crippen molar-refractivity contribution in [1.82, 2.24) is 4.57 Å². The summed E-state index contributed by atoms with van der Waals surface area (Å²) < 4.78 is 2.38. The van der Waals surface area contributed by atoms with Gasteiger partial charge >= 0.3 is 0 Å². The Morgan fingerprint density at radius 3 is 1.62 bits per heavy atom. The maximum Gasteiger partial charge on any atom is 0.0714 e. The van der Waals surface area contributed by atoms with E-state index in [4.69, 9.17) is 0 Å². The summed E-state index contributed by atoms with van der Waals surface area (Å²) in [5.41, 5.74) is 18.6. The third-order valence-corrected chi connectivity index (χ3v) is 15.7. The van der Waals surface area contributed by atoms with Gasteiger partial charge in [0.1, 0.15) is 0 Å². The van der Waals surface area contributed by atoms with E-state index in [1.165, 1.54) is 110 Å². The smallest absolute Gasteiger partial charge is 0.0714 e. The van der Waals surface area contributed by atoms with Gasteiger partial charge in [-0.15, -0.1) is 0 Å². The van der Waals surface area contributed by atoms with Crippen LogP contribution >= 0.6 is 0 Å². The molecule has 2 nitrogen and oxygen atoms in total. The van der Waals surface area contributed by atoms with E-state index in [9.17, 15) is 0 Å². The number of nitrogens with zero attached hydrogens (tertiary/aromatic N) is 2. The molecule has 0 unspecified atom stereocenters. The molecule has 0 N–H and O–H groups in total. The lowest BCUT2D eigenvalue weighted by Crippen LogP contribution is -2.28. The minimum Gasteiger partial charge on any atom is -0.310 e. The second kappa shape index (κ2) is 16.3. The van der Waals surface area contributed by atoms with E-state index in [2.05, 4.69) is 289 Å². The maximum atomic E-state index is 2.50. The van der Waals surface area contributed by atoms with Crippen molar-refractivity contribution < 1.29 is 0 Å². The molecule has 0 fully saturated rings. The van der Waals surface area contributed by atoms with E-state index in [1.54, 1.807) is 0 Å². The molecule has 1 aromatic heterocycles. The summed E-state index contributed by atoms with van der Waals surface area (Å²) >= 11 is 0. The van der Waals surface area contributed by atoms with E-state index in [0.29, 0.717) is 0 Å². The van der Waals surface area contributed by atoms with Gasteiger partial charge in [-0.2, -0.15) is 0 Å². The van der Waals surface area contributed by atoms with Crippen molar-refractivity contribution in [3.05, 3.63) is 301 Å². The van der Waals surface area contributed by atoms with Crippen LogP contribution in [0, 0.1) is 0 Å². The van der Waals surface area contributed by atoms with Gasteiger partial charge in [-0.1, -0.05) is 206 Å². The number of benzene rings is 13. The van der Waals surface area contributed by atoms with Crippen LogP contribution in [0.2, 0.25) is 0 Å². The molecule has 1 heterocycles. The van der Waals surface area contributed by atoms with E-state index in [0.717, 1.165) is 22.7 Å². The largest absolute Gasteiger partial charge is 0.310 e. The van der Waals surface area contributed by atoms with Gasteiger partial charge in [-0.3, -0.25) is 0 Å². The van der Waals surface area contributed by atoms with Crippen molar-refractivity contribution in [3.63, 3.8) is 0 Å². The first-order valence-corrected chi connectivity index (χ1v) is 25.3. The molecule has 0 atom stereocenters. The predicted molar refractivity (Wildman–Crippen MR) is 307 cm³/mol. The molecule has 1 aliphatic carbocycles. The Balaban J connectivity index is 0.928. The van der Waals surface area contributed by atoms with Crippen LogP contribution in [0.25, 0.3) is 93.2 Å². The summed E-state index contributed by atoms with van der Waals surface area (Å²) in [4.78, 5) is 2.50. The van der Waals surface area contributed by atoms with Crippen molar-refractivity contribution >= 4 is 71.2 Å². The number of para-hydroxylation sites is 2. The summed E-state index contributed by atoms with van der Waals surface area (Å²) in [6.45, 7) is 0. The summed E-state index contributed by atoms with van der Waals surface area (Å²) in [5.74, 6) is 0. The lowest BCUT2D eigenvalue weighted by atomic mass is 9.68. The van der Waals surface area contributed by atoms with Crippen LogP contribution in [-0.4, -0.2) is 4.57 Å². The first kappa shape index (κ1) is 41.3. The van der Waals surface area contributed by atoms with Gasteiger partial charge < -0.3 is 9.47 Å². The molecule has 15 rings (SSSR count). The molecule has 340 valence electrons. The van der Waals surface area contributed by atoms with Crippen LogP contribution in [0.1, 0.15) is 22.3 Å². The van der Waals surface area contributed by atoms with E-state index in [1.807, 2.05) is 0 Å². The molecule has 0 amide bonds. The highest BCUT2D eigenvalue weighted by atomic mass is 15.1. The van der Waals surface area contributed by atoms with Gasteiger partial charge in [0.05, 0.1) is 22.1 Å². The lowest BCUT2D eigenvalue weighted by Gasteiger charge is -2.34. The molecule has 0 spiro atoms. The average molecular weight is 927 g/mol. The highest BCUT2D eigenvalue weighted by Gasteiger charge is 2.47. The number of fused-ring (bicyclic) bond motifs is 6. The van der Waals surface area contributed by atoms with Gasteiger partial charge in [-0.25, -0.2) is 0 Å². The van der Waals surface area contributed by atoms with Crippen molar-refractivity contribution in [2.45, 2.75) is 5.41 Å². The Bertz CT molecular complexity index is 4310. The van der Waals surface area contributed by atoms with Crippen LogP contribution < -0.4 is 4.90 Å². The van der Waals surface area contributed by atoms with Crippen LogP contribution in [0.4, 0.5) is 17.1 Å². The number of hydrogen-bond donors (Lipinski definition) is 0. The highest BCUT2D eigenvalue weighted by Crippen LogP contribution is 2.59. The Morgan fingerprint density at radius 2 is 0.877 bits per heavy atom. The Kier molecular flexibility index (Phi) is 9.21. The summed E-state index contributed by atoms with van der Waals surface area (Å²) in [6.07, 6.45) is 0. The Labute approximate surface area is 424 Å². The fraction of sp³-hybridized carbons (Fsp3) is 0.0141. The second-order valence-electron chi connectivity index (χ2n) is 19.6. The topological polar surface area (TPSA) is 8.17 Å². The average Bonchev–Trinajstić information content (AvgIpc) is 3.97. The standard InChI is InChI=1S/C71H46N2/c1-4-20-55(21-5-1)71(56-22-6-2-7-23-56)63-29-12-10-28-61(63)70-64(71)30-16-32-67(70)72(59-26-15-19-50(45-59)54-43-52-35-33-48-17-14-18-49-34-36-53(44-54)69(52)68(48)49)58-40-37-47(38-41-58)51-39-42-66-62(46-51)60-27-11-13-31-65(60)73(66)57-24-8-3-9-25-57/h1-46H. The first-order valence-electron chi connectivity index (χ1n) is 25.3. The molecule has 0 saturated carbocycles. The maximum absolute atomic E-state index is 2.50. The molecule has 0 aliphatic heterocycles. The molecule has 13 aromatic carbocycles. The minimum absolute atomic E-state index is 0.534. The fourth-order valence-corrected chi connectivity index (χ4v) is 12.6. The fourth-order valence-electron chi connectivity index (χ4n) is 12.6. The van der Waals surface area contributed by atoms with Crippen molar-refractivity contribution in [3.8, 4) is 39.1 Å². The third-order valence-electron chi connectivity index (χ3n) is 15.7. The van der Waals surface area contributed by atoms with Gasteiger partial charge in [0, 0.05) is 33.4 Å². The Morgan fingerprint density at radius 1 is 0.315 bits per heavy atom. The molecule has 73 heavy (non-hydrogen) atoms. The molecule has 0 bridgehead atoms. The number of hydrogen-bond acceptors (Lipinski definition) is 1. The van der Waals surface area contributed by atoms with E-state index in [-0.39, 0.29) is 0 Å². The highest BCUT2D eigenvalue weighted by molar-refractivity contribution is 6.23. The molecule has 14 aromatic rings. The monoisotopic (exact) mass is 926 g/mol. The number of rotatable bonds is 8. The molecule has 0 radical (unpaired) electrons. The number of aromatic nitrogens is 1. The minimum atomic E-state index is -0.534. The molecule has 0 saturated heterocycles. The normalized spacial score (nSPS) is 12.8. The molecule has 2 heteroatoms. The Hall–Kier alpha value is -9.50. The zero-order chi connectivity index (χ0) is 48.0. The summed E-state index contributed by atoms with van der Waals surface area (Å²) in [6, 6.07) is 104. The SMILES string of the molecule is c1ccc(-n2c3ccccc3c3cc(-c4ccc(N(c5cccc(-c6cc7ccc8cccc9ccc(c6)c7c89)c5)c5cccc6c5-c5ccccc5C6(c5ccccc5)c5ccccc5)cc4)ccc32)cc1. The molecular weight excluding hydrogens is 881 g/mol.